The van der Waals surface area contributed by atoms with Crippen molar-refractivity contribution >= 4 is 29.3 Å². The lowest BCUT2D eigenvalue weighted by atomic mass is 10.1. The van der Waals surface area contributed by atoms with Gasteiger partial charge in [-0.15, -0.1) is 0 Å². The number of methoxy groups -OCH3 is 1. The Hall–Kier alpha value is -2.51. The van der Waals surface area contributed by atoms with E-state index in [1.165, 1.54) is 0 Å². The first kappa shape index (κ1) is 18.8. The fourth-order valence-electron chi connectivity index (χ4n) is 3.58. The highest BCUT2D eigenvalue weighted by Gasteiger charge is 2.33. The Morgan fingerprint density at radius 2 is 2.04 bits per heavy atom. The topological polar surface area (TPSA) is 70.7 Å². The summed E-state index contributed by atoms with van der Waals surface area (Å²) in [6.07, 6.45) is 2.28. The van der Waals surface area contributed by atoms with Gasteiger partial charge in [-0.1, -0.05) is 30.0 Å². The summed E-state index contributed by atoms with van der Waals surface area (Å²) >= 11 is 1.56. The summed E-state index contributed by atoms with van der Waals surface area (Å²) in [4.78, 5) is 28.3. The van der Waals surface area contributed by atoms with Crippen molar-refractivity contribution in [3.63, 3.8) is 0 Å². The minimum absolute atomic E-state index is 0.00835. The van der Waals surface area contributed by atoms with Crippen LogP contribution >= 0.6 is 11.8 Å². The molecule has 7 heteroatoms. The van der Waals surface area contributed by atoms with E-state index in [4.69, 9.17) is 4.74 Å². The highest BCUT2D eigenvalue weighted by Crippen LogP contribution is 2.38. The minimum Gasteiger partial charge on any atom is -0.496 e. The number of thioether (sulfide) groups is 1. The molecular weight excluding hydrogens is 374 g/mol. The first-order valence-corrected chi connectivity index (χ1v) is 10.3. The van der Waals surface area contributed by atoms with E-state index >= 15 is 0 Å². The largest absolute Gasteiger partial charge is 0.496 e. The summed E-state index contributed by atoms with van der Waals surface area (Å²) in [5.74, 6) is 0.547. The number of fused-ring (bicyclic) bond motifs is 1. The van der Waals surface area contributed by atoms with Crippen molar-refractivity contribution in [3.05, 3.63) is 53.6 Å². The molecule has 2 aliphatic heterocycles. The first-order valence-electron chi connectivity index (χ1n) is 9.41. The number of benzene rings is 2. The van der Waals surface area contributed by atoms with Gasteiger partial charge in [0.15, 0.2) is 0 Å². The molecule has 0 radical (unpaired) electrons. The number of nitrogens with zero attached hydrogens (tertiary/aromatic N) is 1. The maximum Gasteiger partial charge on any atom is 0.252 e. The number of likely N-dealkylation sites (tertiary alicyclic amines) is 1. The Labute approximate surface area is 168 Å². The molecule has 6 nitrogen and oxygen atoms in total. The first-order chi connectivity index (χ1) is 13.7. The van der Waals surface area contributed by atoms with E-state index in [-0.39, 0.29) is 17.2 Å². The number of anilines is 1. The third kappa shape index (κ3) is 3.86. The molecule has 2 amide bonds. The Morgan fingerprint density at radius 1 is 1.25 bits per heavy atom. The summed E-state index contributed by atoms with van der Waals surface area (Å²) in [6.45, 7) is 2.30. The van der Waals surface area contributed by atoms with Crippen molar-refractivity contribution in [1.29, 1.82) is 0 Å². The van der Waals surface area contributed by atoms with Gasteiger partial charge in [0.25, 0.3) is 11.8 Å². The van der Waals surface area contributed by atoms with Crippen LogP contribution in [0.4, 0.5) is 5.69 Å². The molecule has 0 spiro atoms. The third-order valence-electron chi connectivity index (χ3n) is 5.07. The molecule has 2 aromatic rings. The lowest BCUT2D eigenvalue weighted by Crippen LogP contribution is -2.42. The molecule has 2 N–H and O–H groups in total. The minimum atomic E-state index is -0.186. The van der Waals surface area contributed by atoms with Crippen molar-refractivity contribution < 1.29 is 14.3 Å². The molecule has 4 rings (SSSR count). The predicted octanol–water partition coefficient (Wildman–Crippen LogP) is 3.09. The molecule has 0 aromatic heterocycles. The molecule has 1 unspecified atom stereocenters. The second-order valence-corrected chi connectivity index (χ2v) is 8.03. The molecular formula is C21H23N3O3S. The summed E-state index contributed by atoms with van der Waals surface area (Å²) < 4.78 is 5.32. The second-order valence-electron chi connectivity index (χ2n) is 6.91. The van der Waals surface area contributed by atoms with Gasteiger partial charge >= 0.3 is 0 Å². The molecule has 0 aliphatic carbocycles. The highest BCUT2D eigenvalue weighted by molar-refractivity contribution is 8.00. The molecule has 1 saturated heterocycles. The summed E-state index contributed by atoms with van der Waals surface area (Å²) in [5, 5.41) is 5.71. The van der Waals surface area contributed by atoms with E-state index < -0.39 is 0 Å². The fourth-order valence-corrected chi connectivity index (χ4v) is 4.73. The average molecular weight is 398 g/mol. The monoisotopic (exact) mass is 397 g/mol. The van der Waals surface area contributed by atoms with Gasteiger partial charge in [0, 0.05) is 22.6 Å². The van der Waals surface area contributed by atoms with Crippen molar-refractivity contribution in [1.82, 2.24) is 10.2 Å². The smallest absolute Gasteiger partial charge is 0.252 e. The molecule has 0 saturated carbocycles. The molecule has 1 atom stereocenters. The molecule has 2 heterocycles. The van der Waals surface area contributed by atoms with Crippen LogP contribution in [-0.4, -0.2) is 42.3 Å². The van der Waals surface area contributed by atoms with Gasteiger partial charge in [0.05, 0.1) is 12.8 Å². The van der Waals surface area contributed by atoms with Crippen LogP contribution in [0.2, 0.25) is 0 Å². The van der Waals surface area contributed by atoms with Crippen LogP contribution < -0.4 is 15.4 Å². The van der Waals surface area contributed by atoms with Crippen molar-refractivity contribution in [2.75, 3.05) is 25.5 Å². The van der Waals surface area contributed by atoms with E-state index in [1.807, 2.05) is 36.4 Å². The fraction of sp³-hybridized carbons (Fsp3) is 0.333. The van der Waals surface area contributed by atoms with Crippen LogP contribution in [0.5, 0.6) is 5.75 Å². The van der Waals surface area contributed by atoms with E-state index in [1.54, 1.807) is 24.9 Å². The van der Waals surface area contributed by atoms with Crippen LogP contribution in [-0.2, 0) is 11.3 Å². The van der Waals surface area contributed by atoms with Gasteiger partial charge < -0.3 is 15.4 Å². The lowest BCUT2D eigenvalue weighted by molar-refractivity contribution is -0.118. The zero-order chi connectivity index (χ0) is 19.5. The normalized spacial score (nSPS) is 19.0. The van der Waals surface area contributed by atoms with Crippen molar-refractivity contribution in [2.24, 2.45) is 0 Å². The standard InChI is InChI=1S/C21H23N3O3S/c1-27-17-7-3-2-6-15(17)13-22-19(25)14-8-9-18-16(12-14)23-20(26)21(28-18)24-10-4-5-11-24/h2-3,6-9,12,21H,4-5,10-11,13H2,1H3,(H,22,25)(H,23,26). The van der Waals surface area contributed by atoms with Gasteiger partial charge in [-0.05, 0) is 50.2 Å². The van der Waals surface area contributed by atoms with E-state index in [0.717, 1.165) is 42.1 Å². The molecule has 1 fully saturated rings. The zero-order valence-electron chi connectivity index (χ0n) is 15.7. The number of ether oxygens (including phenoxy) is 1. The number of hydrogen-bond acceptors (Lipinski definition) is 5. The average Bonchev–Trinajstić information content (AvgIpc) is 3.25. The Balaban J connectivity index is 1.44. The maximum atomic E-state index is 12.6. The van der Waals surface area contributed by atoms with Crippen LogP contribution in [0.3, 0.4) is 0 Å². The number of hydrogen-bond donors (Lipinski definition) is 2. The van der Waals surface area contributed by atoms with Crippen molar-refractivity contribution in [3.8, 4) is 5.75 Å². The van der Waals surface area contributed by atoms with E-state index in [0.29, 0.717) is 17.8 Å². The van der Waals surface area contributed by atoms with E-state index in [9.17, 15) is 9.59 Å². The zero-order valence-corrected chi connectivity index (χ0v) is 16.6. The van der Waals surface area contributed by atoms with Gasteiger partial charge in [-0.25, -0.2) is 0 Å². The summed E-state index contributed by atoms with van der Waals surface area (Å²) in [7, 11) is 1.61. The highest BCUT2D eigenvalue weighted by atomic mass is 32.2. The quantitative estimate of drug-likeness (QED) is 0.811. The molecule has 146 valence electrons. The SMILES string of the molecule is COc1ccccc1CNC(=O)c1ccc2c(c1)NC(=O)C(N1CCCC1)S2. The number of carbonyl (C=O) groups excluding carboxylic acids is 2. The van der Waals surface area contributed by atoms with Crippen LogP contribution in [0.1, 0.15) is 28.8 Å². The lowest BCUT2D eigenvalue weighted by Gasteiger charge is -2.30. The van der Waals surface area contributed by atoms with E-state index in [2.05, 4.69) is 15.5 Å². The maximum absolute atomic E-state index is 12.6. The number of rotatable bonds is 5. The molecule has 2 aliphatic rings. The number of nitrogens with one attached hydrogen (secondary N) is 2. The van der Waals surface area contributed by atoms with Crippen LogP contribution in [0.15, 0.2) is 47.4 Å². The molecule has 28 heavy (non-hydrogen) atoms. The molecule has 2 aromatic carbocycles. The summed E-state index contributed by atoms with van der Waals surface area (Å²) in [5.41, 5.74) is 2.14. The van der Waals surface area contributed by atoms with Gasteiger partial charge in [-0.3, -0.25) is 14.5 Å². The van der Waals surface area contributed by atoms with Crippen LogP contribution in [0, 0.1) is 0 Å². The Bertz CT molecular complexity index is 896. The van der Waals surface area contributed by atoms with Gasteiger partial charge in [-0.2, -0.15) is 0 Å². The summed E-state index contributed by atoms with van der Waals surface area (Å²) in [6, 6.07) is 13.1. The van der Waals surface area contributed by atoms with Crippen molar-refractivity contribution in [2.45, 2.75) is 29.7 Å². The van der Waals surface area contributed by atoms with Gasteiger partial charge in [0.2, 0.25) is 0 Å². The number of carbonyl (C=O) groups is 2. The van der Waals surface area contributed by atoms with Gasteiger partial charge in [0.1, 0.15) is 11.1 Å². The predicted molar refractivity (Wildman–Crippen MR) is 110 cm³/mol. The molecule has 0 bridgehead atoms. The number of para-hydroxylation sites is 1. The van der Waals surface area contributed by atoms with Crippen LogP contribution in [0.25, 0.3) is 0 Å². The Kier molecular flexibility index (Phi) is 5.54. The second kappa shape index (κ2) is 8.24. The number of amides is 2. The third-order valence-corrected chi connectivity index (χ3v) is 6.41. The Morgan fingerprint density at radius 3 is 2.82 bits per heavy atom.